The molecule has 0 bridgehead atoms. The van der Waals surface area contributed by atoms with Crippen molar-refractivity contribution in [3.8, 4) is 0 Å². The Morgan fingerprint density at radius 2 is 2.08 bits per heavy atom. The van der Waals surface area contributed by atoms with E-state index in [9.17, 15) is 4.79 Å². The van der Waals surface area contributed by atoms with Crippen LogP contribution in [0.4, 0.5) is 0 Å². The number of ketones is 1. The van der Waals surface area contributed by atoms with Gasteiger partial charge in [0.25, 0.3) is 0 Å². The molecule has 70 valence electrons. The van der Waals surface area contributed by atoms with Crippen molar-refractivity contribution in [1.29, 1.82) is 0 Å². The van der Waals surface area contributed by atoms with E-state index < -0.39 is 0 Å². The van der Waals surface area contributed by atoms with Crippen molar-refractivity contribution in [2.45, 2.75) is 11.8 Å². The average molecular weight is 465 g/mol. The van der Waals surface area contributed by atoms with Gasteiger partial charge in [-0.15, -0.1) is 0 Å². The van der Waals surface area contributed by atoms with E-state index in [4.69, 9.17) is 0 Å². The van der Waals surface area contributed by atoms with Gasteiger partial charge in [0, 0.05) is 12.7 Å². The molecule has 1 atom stereocenters. The highest BCUT2D eigenvalue weighted by Crippen LogP contribution is 2.19. The largest absolute Gasteiger partial charge is 0.293 e. The fourth-order valence-corrected chi connectivity index (χ4v) is 2.24. The number of rotatable bonds is 2. The predicted octanol–water partition coefficient (Wildman–Crippen LogP) is 3.86. The Labute approximate surface area is 113 Å². The maximum atomic E-state index is 11.7. The number of Topliss-reactive ketones (excluding diaryl/α,β-unsaturated/α-hetero) is 1. The quantitative estimate of drug-likeness (QED) is 0.369. The summed E-state index contributed by atoms with van der Waals surface area (Å²) in [6.45, 7) is 1.85. The minimum absolute atomic E-state index is 0.112. The molecule has 13 heavy (non-hydrogen) atoms. The van der Waals surface area contributed by atoms with E-state index >= 15 is 0 Å². The van der Waals surface area contributed by atoms with Crippen LogP contribution in [0.1, 0.15) is 17.3 Å². The van der Waals surface area contributed by atoms with E-state index in [0.29, 0.717) is 0 Å². The first-order chi connectivity index (χ1) is 6.02. The maximum absolute atomic E-state index is 11.7. The lowest BCUT2D eigenvalue weighted by Crippen LogP contribution is -2.11. The normalized spacial score (nSPS) is 12.6. The Balaban J connectivity index is 3.13. The molecule has 0 aromatic heterocycles. The molecule has 4 heteroatoms. The minimum atomic E-state index is -0.112. The Bertz CT molecular complexity index is 336. The van der Waals surface area contributed by atoms with Crippen molar-refractivity contribution in [1.82, 2.24) is 0 Å². The van der Waals surface area contributed by atoms with Crippen molar-refractivity contribution in [2.75, 3.05) is 0 Å². The van der Waals surface area contributed by atoms with E-state index in [2.05, 4.69) is 61.1 Å². The van der Waals surface area contributed by atoms with Crippen molar-refractivity contribution in [2.24, 2.45) is 0 Å². The molecule has 0 saturated heterocycles. The lowest BCUT2D eigenvalue weighted by molar-refractivity contribution is 0.0995. The Hall–Kier alpha value is 0.830. The van der Waals surface area contributed by atoms with Gasteiger partial charge < -0.3 is 0 Å². The van der Waals surface area contributed by atoms with E-state index in [1.165, 1.54) is 0 Å². The van der Waals surface area contributed by atoms with E-state index in [1.54, 1.807) is 0 Å². The number of hydrogen-bond acceptors (Lipinski definition) is 1. The molecule has 0 fully saturated rings. The minimum Gasteiger partial charge on any atom is -0.293 e. The van der Waals surface area contributed by atoms with E-state index in [0.717, 1.165) is 12.7 Å². The molecule has 0 aliphatic carbocycles. The fraction of sp³-hybridized carbons (Fsp3) is 0.222. The Morgan fingerprint density at radius 1 is 1.46 bits per heavy atom. The average Bonchev–Trinajstić information content (AvgIpc) is 2.08. The standard InChI is InChI=1S/C9H7BrI2O/c1-5(10)9(13)7-4-6(11)2-3-8(7)12/h2-5H,1H3. The summed E-state index contributed by atoms with van der Waals surface area (Å²) in [6, 6.07) is 5.88. The molecule has 0 aliphatic rings. The number of halogens is 3. The third-order valence-corrected chi connectivity index (χ3v) is 3.58. The van der Waals surface area contributed by atoms with Crippen molar-refractivity contribution in [3.63, 3.8) is 0 Å². The molecular weight excluding hydrogens is 458 g/mol. The number of hydrogen-bond donors (Lipinski definition) is 0. The van der Waals surface area contributed by atoms with Crippen molar-refractivity contribution in [3.05, 3.63) is 30.9 Å². The molecule has 1 nitrogen and oxygen atoms in total. The van der Waals surface area contributed by atoms with Gasteiger partial charge in [-0.1, -0.05) is 15.9 Å². The van der Waals surface area contributed by atoms with Gasteiger partial charge in [0.1, 0.15) is 0 Å². The highest BCUT2D eigenvalue weighted by atomic mass is 127. The van der Waals surface area contributed by atoms with Crippen molar-refractivity contribution >= 4 is 66.9 Å². The molecule has 1 aromatic rings. The molecule has 1 rings (SSSR count). The molecule has 0 amide bonds. The zero-order chi connectivity index (χ0) is 10.0. The second-order valence-corrected chi connectivity index (χ2v) is 6.39. The molecular formula is C9H7BrI2O. The van der Waals surface area contributed by atoms with Crippen LogP contribution < -0.4 is 0 Å². The van der Waals surface area contributed by atoms with Crippen LogP contribution in [-0.2, 0) is 0 Å². The number of carbonyl (C=O) groups is 1. The summed E-state index contributed by atoms with van der Waals surface area (Å²) < 4.78 is 2.10. The third kappa shape index (κ3) is 3.16. The van der Waals surface area contributed by atoms with Crippen LogP contribution in [0.5, 0.6) is 0 Å². The highest BCUT2D eigenvalue weighted by Gasteiger charge is 2.14. The SMILES string of the molecule is CC(Br)C(=O)c1cc(I)ccc1I. The van der Waals surface area contributed by atoms with Gasteiger partial charge >= 0.3 is 0 Å². The molecule has 0 radical (unpaired) electrons. The monoisotopic (exact) mass is 464 g/mol. The van der Waals surface area contributed by atoms with Crippen LogP contribution in [0, 0.1) is 7.14 Å². The zero-order valence-corrected chi connectivity index (χ0v) is 12.8. The summed E-state index contributed by atoms with van der Waals surface area (Å²) in [7, 11) is 0. The van der Waals surface area contributed by atoms with Crippen LogP contribution in [0.3, 0.4) is 0 Å². The van der Waals surface area contributed by atoms with Gasteiger partial charge in [-0.25, -0.2) is 0 Å². The van der Waals surface area contributed by atoms with Gasteiger partial charge in [0.05, 0.1) is 4.83 Å². The molecule has 0 heterocycles. The smallest absolute Gasteiger partial charge is 0.177 e. The first-order valence-corrected chi connectivity index (χ1v) is 6.73. The van der Waals surface area contributed by atoms with Gasteiger partial charge in [0.2, 0.25) is 0 Å². The van der Waals surface area contributed by atoms with Gasteiger partial charge in [-0.3, -0.25) is 4.79 Å². The lowest BCUT2D eigenvalue weighted by atomic mass is 10.1. The van der Waals surface area contributed by atoms with E-state index in [-0.39, 0.29) is 10.6 Å². The molecule has 0 aliphatic heterocycles. The molecule has 1 aromatic carbocycles. The first kappa shape index (κ1) is 11.9. The summed E-state index contributed by atoms with van der Waals surface area (Å²) in [5.41, 5.74) is 0.803. The Morgan fingerprint density at radius 3 is 2.62 bits per heavy atom. The highest BCUT2D eigenvalue weighted by molar-refractivity contribution is 14.1. The third-order valence-electron chi connectivity index (χ3n) is 1.56. The maximum Gasteiger partial charge on any atom is 0.177 e. The van der Waals surface area contributed by atoms with E-state index in [1.807, 2.05) is 25.1 Å². The molecule has 0 spiro atoms. The molecule has 1 unspecified atom stereocenters. The summed E-state index contributed by atoms with van der Waals surface area (Å²) >= 11 is 7.67. The molecule has 0 N–H and O–H groups in total. The molecule has 0 saturated carbocycles. The number of carbonyl (C=O) groups excluding carboxylic acids is 1. The number of alkyl halides is 1. The zero-order valence-electron chi connectivity index (χ0n) is 6.85. The van der Waals surface area contributed by atoms with Crippen LogP contribution in [-0.4, -0.2) is 10.6 Å². The van der Waals surface area contributed by atoms with Gasteiger partial charge in [-0.2, -0.15) is 0 Å². The predicted molar refractivity (Wildman–Crippen MR) is 74.6 cm³/mol. The summed E-state index contributed by atoms with van der Waals surface area (Å²) in [5.74, 6) is 0.142. The van der Waals surface area contributed by atoms with Crippen LogP contribution >= 0.6 is 61.1 Å². The van der Waals surface area contributed by atoms with Crippen LogP contribution in [0.25, 0.3) is 0 Å². The summed E-state index contributed by atoms with van der Waals surface area (Å²) in [4.78, 5) is 11.6. The van der Waals surface area contributed by atoms with Crippen molar-refractivity contribution < 1.29 is 4.79 Å². The number of benzene rings is 1. The Kier molecular flexibility index (Phi) is 4.64. The fourth-order valence-electron chi connectivity index (χ4n) is 0.901. The van der Waals surface area contributed by atoms with Gasteiger partial charge in [-0.05, 0) is 70.3 Å². The second-order valence-electron chi connectivity index (χ2n) is 2.60. The second kappa shape index (κ2) is 5.06. The van der Waals surface area contributed by atoms with Crippen LogP contribution in [0.2, 0.25) is 0 Å². The topological polar surface area (TPSA) is 17.1 Å². The summed E-state index contributed by atoms with van der Waals surface area (Å²) in [6.07, 6.45) is 0. The summed E-state index contributed by atoms with van der Waals surface area (Å²) in [5, 5.41) is 0. The van der Waals surface area contributed by atoms with Gasteiger partial charge in [0.15, 0.2) is 5.78 Å². The first-order valence-electron chi connectivity index (χ1n) is 3.65. The van der Waals surface area contributed by atoms with Crippen LogP contribution in [0.15, 0.2) is 18.2 Å². The lowest BCUT2D eigenvalue weighted by Gasteiger charge is -2.05.